The quantitative estimate of drug-likeness (QED) is 0.245. The van der Waals surface area contributed by atoms with Crippen LogP contribution < -0.4 is 26.6 Å². The van der Waals surface area contributed by atoms with Crippen molar-refractivity contribution in [3.8, 4) is 12.1 Å². The zero-order valence-corrected chi connectivity index (χ0v) is 26.4. The minimum atomic E-state index is -0.705. The van der Waals surface area contributed by atoms with Crippen LogP contribution in [0.3, 0.4) is 0 Å². The molecule has 3 heterocycles. The van der Waals surface area contributed by atoms with Crippen LogP contribution in [-0.2, 0) is 14.3 Å². The second-order valence-corrected chi connectivity index (χ2v) is 11.8. The van der Waals surface area contributed by atoms with E-state index in [9.17, 15) is 20.1 Å². The number of nitrogens with zero attached hydrogens (tertiary/aromatic N) is 7. The van der Waals surface area contributed by atoms with Gasteiger partial charge in [0.05, 0.1) is 53.9 Å². The molecule has 2 aliphatic rings. The highest BCUT2D eigenvalue weighted by Gasteiger charge is 2.35. The van der Waals surface area contributed by atoms with Crippen LogP contribution >= 0.6 is 11.6 Å². The van der Waals surface area contributed by atoms with E-state index in [2.05, 4.69) is 43.2 Å². The third-order valence-electron chi connectivity index (χ3n) is 8.27. The molecular weight excluding hydrogens is 614 g/mol. The molecule has 1 aliphatic carbocycles. The molecule has 2 fully saturated rings. The lowest BCUT2D eigenvalue weighted by atomic mass is 9.84. The Labute approximate surface area is 271 Å². The molecule has 5 N–H and O–H groups in total. The maximum atomic E-state index is 13.1. The van der Waals surface area contributed by atoms with Crippen molar-refractivity contribution in [2.75, 3.05) is 42.3 Å². The highest BCUT2D eigenvalue weighted by Crippen LogP contribution is 2.38. The Morgan fingerprint density at radius 3 is 2.65 bits per heavy atom. The molecule has 46 heavy (non-hydrogen) atoms. The molecule has 0 spiro atoms. The van der Waals surface area contributed by atoms with Gasteiger partial charge in [0.1, 0.15) is 12.2 Å². The van der Waals surface area contributed by atoms with E-state index in [-0.39, 0.29) is 47.6 Å². The van der Waals surface area contributed by atoms with Crippen LogP contribution in [0.1, 0.15) is 56.7 Å². The van der Waals surface area contributed by atoms with Crippen molar-refractivity contribution in [1.82, 2.24) is 24.9 Å². The molecule has 16 heteroatoms. The summed E-state index contributed by atoms with van der Waals surface area (Å²) in [5.41, 5.74) is 7.82. The van der Waals surface area contributed by atoms with Gasteiger partial charge in [-0.3, -0.25) is 4.79 Å². The predicted molar refractivity (Wildman–Crippen MR) is 170 cm³/mol. The summed E-state index contributed by atoms with van der Waals surface area (Å²) in [5, 5.41) is 33.1. The molecule has 3 aromatic rings. The zero-order chi connectivity index (χ0) is 32.8. The maximum absolute atomic E-state index is 13.1. The molecule has 1 aromatic carbocycles. The number of nitrogens with one attached hydrogen (secondary N) is 3. The van der Waals surface area contributed by atoms with E-state index < -0.39 is 18.2 Å². The molecule has 1 aliphatic heterocycles. The number of hydrogen-bond donors (Lipinski definition) is 4. The summed E-state index contributed by atoms with van der Waals surface area (Å²) in [5.74, 6) is 0.395. The zero-order valence-electron chi connectivity index (χ0n) is 25.6. The molecule has 2 aromatic heterocycles. The van der Waals surface area contributed by atoms with Crippen molar-refractivity contribution < 1.29 is 19.1 Å². The monoisotopic (exact) mass is 649 g/mol. The van der Waals surface area contributed by atoms with Crippen LogP contribution in [0.4, 0.5) is 27.9 Å². The largest absolute Gasteiger partial charge is 0.458 e. The summed E-state index contributed by atoms with van der Waals surface area (Å²) in [6.07, 6.45) is 4.27. The van der Waals surface area contributed by atoms with E-state index in [1.807, 2.05) is 11.8 Å². The van der Waals surface area contributed by atoms with Crippen LogP contribution in [0.25, 0.3) is 5.65 Å². The fraction of sp³-hybridized carbons (Fsp3) is 0.500. The summed E-state index contributed by atoms with van der Waals surface area (Å²) < 4.78 is 12.2. The Morgan fingerprint density at radius 1 is 1.17 bits per heavy atom. The first kappa shape index (κ1) is 32.5. The number of aromatic nitrogens is 4. The van der Waals surface area contributed by atoms with Crippen LogP contribution in [0.15, 0.2) is 18.3 Å². The molecule has 1 saturated heterocycles. The van der Waals surface area contributed by atoms with Crippen molar-refractivity contribution in [1.29, 1.82) is 10.5 Å². The van der Waals surface area contributed by atoms with Crippen LogP contribution in [0.2, 0.25) is 5.02 Å². The number of piperidine rings is 1. The van der Waals surface area contributed by atoms with Gasteiger partial charge >= 0.3 is 12.1 Å². The number of ether oxygens (including phenoxy) is 2. The Kier molecular flexibility index (Phi) is 10.2. The molecule has 5 rings (SSSR count). The SMILES string of the molecule is CCNc1nc(Nc2cc(C#N)cc(N3CCC(NC(=O)OC)C(OC(=O)CC4CCC(N)CC4)C3)c2Cl)nn2c(C#N)cnc12. The normalized spacial score (nSPS) is 21.1. The minimum absolute atomic E-state index is 0.123. The lowest BCUT2D eigenvalue weighted by Crippen LogP contribution is -2.56. The van der Waals surface area contributed by atoms with Crippen LogP contribution in [0, 0.1) is 28.6 Å². The number of rotatable bonds is 9. The summed E-state index contributed by atoms with van der Waals surface area (Å²) >= 11 is 6.95. The Morgan fingerprint density at radius 2 is 1.96 bits per heavy atom. The standard InChI is InChI=1S/C30H36ClN11O4/c1-3-35-27-28-36-15-20(14-33)42(28)40-29(39-27)37-22-10-18(13-32)11-23(26(22)31)41-9-8-21(38-30(44)45-2)24(16-41)46-25(43)12-17-4-6-19(34)7-5-17/h10-11,15,17,19,21,24H,3-9,12,16,34H2,1-2H3,(H,38,44)(H2,35,37,39,40). The van der Waals surface area contributed by atoms with Crippen molar-refractivity contribution in [3.05, 3.63) is 34.6 Å². The Balaban J connectivity index is 1.40. The second kappa shape index (κ2) is 14.5. The molecule has 0 bridgehead atoms. The van der Waals surface area contributed by atoms with Crippen molar-refractivity contribution in [2.24, 2.45) is 11.7 Å². The number of benzene rings is 1. The number of halogens is 1. The lowest BCUT2D eigenvalue weighted by molar-refractivity contribution is -0.152. The molecule has 15 nitrogen and oxygen atoms in total. The number of imidazole rings is 1. The average Bonchev–Trinajstić information content (AvgIpc) is 3.47. The van der Waals surface area contributed by atoms with Gasteiger partial charge in [-0.25, -0.2) is 9.78 Å². The smallest absolute Gasteiger partial charge is 0.407 e. The topological polar surface area (TPSA) is 209 Å². The molecule has 2 unspecified atom stereocenters. The molecule has 0 radical (unpaired) electrons. The minimum Gasteiger partial charge on any atom is -0.458 e. The fourth-order valence-electron chi connectivity index (χ4n) is 5.89. The molecular formula is C30H36ClN11O4. The van der Waals surface area contributed by atoms with E-state index in [1.165, 1.54) is 17.8 Å². The number of nitrogens with two attached hydrogens (primary N) is 1. The van der Waals surface area contributed by atoms with Gasteiger partial charge in [0, 0.05) is 25.6 Å². The van der Waals surface area contributed by atoms with Crippen molar-refractivity contribution >= 4 is 52.5 Å². The summed E-state index contributed by atoms with van der Waals surface area (Å²) in [7, 11) is 1.28. The number of methoxy groups -OCH3 is 1. The number of carbonyl (C=O) groups excluding carboxylic acids is 2. The Bertz CT molecular complexity index is 1680. The maximum Gasteiger partial charge on any atom is 0.407 e. The van der Waals surface area contributed by atoms with Gasteiger partial charge in [0.25, 0.3) is 0 Å². The first-order valence-electron chi connectivity index (χ1n) is 15.2. The fourth-order valence-corrected chi connectivity index (χ4v) is 6.16. The van der Waals surface area contributed by atoms with E-state index in [0.717, 1.165) is 25.7 Å². The third kappa shape index (κ3) is 7.33. The number of fused-ring (bicyclic) bond motifs is 1. The van der Waals surface area contributed by atoms with Gasteiger partial charge in [-0.15, -0.1) is 5.10 Å². The van der Waals surface area contributed by atoms with Crippen LogP contribution in [-0.4, -0.2) is 76.6 Å². The molecule has 2 atom stereocenters. The highest BCUT2D eigenvalue weighted by atomic mass is 35.5. The second-order valence-electron chi connectivity index (χ2n) is 11.4. The highest BCUT2D eigenvalue weighted by molar-refractivity contribution is 6.36. The van der Waals surface area contributed by atoms with E-state index >= 15 is 0 Å². The van der Waals surface area contributed by atoms with Gasteiger partial charge in [-0.2, -0.15) is 20.0 Å². The van der Waals surface area contributed by atoms with Gasteiger partial charge in [0.2, 0.25) is 5.95 Å². The summed E-state index contributed by atoms with van der Waals surface area (Å²) in [6, 6.07) is 7.14. The number of hydrogen-bond acceptors (Lipinski definition) is 13. The van der Waals surface area contributed by atoms with Gasteiger partial charge < -0.3 is 36.1 Å². The lowest BCUT2D eigenvalue weighted by Gasteiger charge is -2.40. The number of nitriles is 2. The van der Waals surface area contributed by atoms with Crippen molar-refractivity contribution in [3.63, 3.8) is 0 Å². The van der Waals surface area contributed by atoms with Crippen molar-refractivity contribution in [2.45, 2.75) is 63.6 Å². The van der Waals surface area contributed by atoms with Gasteiger partial charge in [0.15, 0.2) is 17.2 Å². The predicted octanol–water partition coefficient (Wildman–Crippen LogP) is 3.45. The molecule has 1 saturated carbocycles. The molecule has 1 amide bonds. The number of carbonyl (C=O) groups is 2. The summed E-state index contributed by atoms with van der Waals surface area (Å²) in [4.78, 5) is 35.9. The number of anilines is 4. The van der Waals surface area contributed by atoms with E-state index in [1.54, 1.807) is 12.1 Å². The number of esters is 1. The van der Waals surface area contributed by atoms with E-state index in [0.29, 0.717) is 47.9 Å². The first-order chi connectivity index (χ1) is 22.2. The molecule has 242 valence electrons. The van der Waals surface area contributed by atoms with Gasteiger partial charge in [-0.05, 0) is 57.1 Å². The van der Waals surface area contributed by atoms with Crippen LogP contribution in [0.5, 0.6) is 0 Å². The van der Waals surface area contributed by atoms with E-state index in [4.69, 9.17) is 26.8 Å². The first-order valence-corrected chi connectivity index (χ1v) is 15.6. The summed E-state index contributed by atoms with van der Waals surface area (Å²) in [6.45, 7) is 3.10. The third-order valence-corrected chi connectivity index (χ3v) is 8.67. The number of alkyl carbamates (subject to hydrolysis) is 1. The van der Waals surface area contributed by atoms with Gasteiger partial charge in [-0.1, -0.05) is 11.6 Å². The number of amides is 1. The Hall–Kier alpha value is -4.86. The average molecular weight is 650 g/mol.